The summed E-state index contributed by atoms with van der Waals surface area (Å²) in [7, 11) is 0. The van der Waals surface area contributed by atoms with Crippen molar-refractivity contribution >= 4 is 51.9 Å². The van der Waals surface area contributed by atoms with Crippen LogP contribution >= 0.6 is 35.6 Å². The lowest BCUT2D eigenvalue weighted by Crippen LogP contribution is -2.39. The van der Waals surface area contributed by atoms with E-state index in [1.54, 1.807) is 0 Å². The molecule has 1 saturated carbocycles. The number of thioether (sulfide) groups is 1. The Morgan fingerprint density at radius 1 is 1.09 bits per heavy atom. The summed E-state index contributed by atoms with van der Waals surface area (Å²) in [6.45, 7) is 2.87. The van der Waals surface area contributed by atoms with Crippen LogP contribution in [0.25, 0.3) is 6.08 Å². The van der Waals surface area contributed by atoms with Gasteiger partial charge in [-0.3, -0.25) is 9.69 Å². The van der Waals surface area contributed by atoms with Gasteiger partial charge in [0, 0.05) is 11.1 Å². The topological polar surface area (TPSA) is 38.8 Å². The van der Waals surface area contributed by atoms with Crippen LogP contribution in [0, 0.1) is 0 Å². The summed E-state index contributed by atoms with van der Waals surface area (Å²) >= 11 is 12.9. The number of hydrogen-bond donors (Lipinski definition) is 0. The van der Waals surface area contributed by atoms with Crippen molar-refractivity contribution in [3.05, 3.63) is 63.5 Å². The third-order valence-electron chi connectivity index (χ3n) is 5.64. The molecule has 1 aliphatic carbocycles. The quantitative estimate of drug-likeness (QED) is 0.315. The highest BCUT2D eigenvalue weighted by atomic mass is 35.5. The molecule has 32 heavy (non-hydrogen) atoms. The predicted octanol–water partition coefficient (Wildman–Crippen LogP) is 6.85. The number of nitrogens with zero attached hydrogens (tertiary/aromatic N) is 1. The molecule has 2 fully saturated rings. The minimum Gasteiger partial charge on any atom is -0.490 e. The minimum absolute atomic E-state index is 0.0212. The largest absolute Gasteiger partial charge is 0.490 e. The number of amides is 1. The fourth-order valence-electron chi connectivity index (χ4n) is 4.03. The zero-order valence-electron chi connectivity index (χ0n) is 18.0. The van der Waals surface area contributed by atoms with E-state index in [0.29, 0.717) is 39.0 Å². The van der Waals surface area contributed by atoms with Crippen molar-refractivity contribution in [1.82, 2.24) is 4.90 Å². The molecule has 2 aromatic rings. The summed E-state index contributed by atoms with van der Waals surface area (Å²) < 4.78 is 12.5. The zero-order chi connectivity index (χ0) is 22.5. The molecule has 2 aliphatic rings. The Balaban J connectivity index is 1.50. The van der Waals surface area contributed by atoms with Crippen molar-refractivity contribution in [1.29, 1.82) is 0 Å². The number of thiocarbonyl (C=S) groups is 1. The molecule has 1 aliphatic heterocycles. The molecule has 1 amide bonds. The van der Waals surface area contributed by atoms with E-state index in [1.807, 2.05) is 60.4 Å². The summed E-state index contributed by atoms with van der Waals surface area (Å²) in [6.07, 6.45) is 7.54. The van der Waals surface area contributed by atoms with Gasteiger partial charge in [0.05, 0.1) is 11.5 Å². The molecule has 0 atom stereocenters. The van der Waals surface area contributed by atoms with Crippen LogP contribution in [0.5, 0.6) is 11.5 Å². The molecule has 4 rings (SSSR count). The molecule has 0 spiro atoms. The van der Waals surface area contributed by atoms with E-state index >= 15 is 0 Å². The number of carbonyl (C=O) groups excluding carboxylic acids is 1. The van der Waals surface area contributed by atoms with E-state index in [4.69, 9.17) is 33.3 Å². The molecule has 0 unspecified atom stereocenters. The molecule has 0 aromatic heterocycles. The molecule has 1 heterocycles. The summed E-state index contributed by atoms with van der Waals surface area (Å²) in [4.78, 5) is 15.6. The van der Waals surface area contributed by atoms with Crippen molar-refractivity contribution in [3.63, 3.8) is 0 Å². The Bertz CT molecular complexity index is 1020. The first kappa shape index (κ1) is 23.1. The maximum atomic E-state index is 13.1. The van der Waals surface area contributed by atoms with Crippen molar-refractivity contribution in [2.24, 2.45) is 0 Å². The van der Waals surface area contributed by atoms with E-state index in [2.05, 4.69) is 0 Å². The second kappa shape index (κ2) is 10.7. The monoisotopic (exact) mass is 487 g/mol. The fraction of sp³-hybridized carbons (Fsp3) is 0.360. The Morgan fingerprint density at radius 2 is 1.84 bits per heavy atom. The molecule has 1 saturated heterocycles. The molecule has 0 bridgehead atoms. The van der Waals surface area contributed by atoms with Gasteiger partial charge in [0.2, 0.25) is 0 Å². The summed E-state index contributed by atoms with van der Waals surface area (Å²) in [5.74, 6) is 1.33. The number of rotatable bonds is 7. The smallest absolute Gasteiger partial charge is 0.266 e. The molecule has 2 aromatic carbocycles. The molecule has 4 nitrogen and oxygen atoms in total. The van der Waals surface area contributed by atoms with Gasteiger partial charge in [0.15, 0.2) is 11.5 Å². The first-order chi connectivity index (χ1) is 15.5. The van der Waals surface area contributed by atoms with Gasteiger partial charge in [-0.1, -0.05) is 73.0 Å². The second-order valence-corrected chi connectivity index (χ2v) is 10.0. The Kier molecular flexibility index (Phi) is 7.76. The number of benzene rings is 2. The zero-order valence-corrected chi connectivity index (χ0v) is 20.4. The van der Waals surface area contributed by atoms with Crippen molar-refractivity contribution < 1.29 is 14.3 Å². The van der Waals surface area contributed by atoms with Crippen molar-refractivity contribution in [2.45, 2.75) is 51.7 Å². The molecular weight excluding hydrogens is 462 g/mol. The Labute approximate surface area is 203 Å². The number of hydrogen-bond acceptors (Lipinski definition) is 5. The van der Waals surface area contributed by atoms with Crippen LogP contribution in [-0.2, 0) is 11.4 Å². The number of carbonyl (C=O) groups is 1. The highest BCUT2D eigenvalue weighted by Gasteiger charge is 2.37. The van der Waals surface area contributed by atoms with Crippen LogP contribution in [0.15, 0.2) is 47.4 Å². The normalized spacial score (nSPS) is 18.4. The van der Waals surface area contributed by atoms with Crippen LogP contribution in [0.3, 0.4) is 0 Å². The van der Waals surface area contributed by atoms with Crippen LogP contribution < -0.4 is 9.47 Å². The lowest BCUT2D eigenvalue weighted by atomic mass is 9.94. The van der Waals surface area contributed by atoms with Gasteiger partial charge in [0.25, 0.3) is 5.91 Å². The maximum absolute atomic E-state index is 13.1. The molecule has 0 N–H and O–H groups in total. The highest BCUT2D eigenvalue weighted by molar-refractivity contribution is 8.26. The van der Waals surface area contributed by atoms with Gasteiger partial charge in [-0.2, -0.15) is 0 Å². The average Bonchev–Trinajstić information content (AvgIpc) is 3.08. The van der Waals surface area contributed by atoms with Crippen LogP contribution in [-0.4, -0.2) is 27.8 Å². The molecular formula is C25H26ClNO3S2. The number of halogens is 1. The lowest BCUT2D eigenvalue weighted by molar-refractivity contribution is -0.124. The lowest BCUT2D eigenvalue weighted by Gasteiger charge is -2.29. The van der Waals surface area contributed by atoms with E-state index in [-0.39, 0.29) is 11.9 Å². The van der Waals surface area contributed by atoms with Gasteiger partial charge in [-0.15, -0.1) is 0 Å². The fourth-order valence-corrected chi connectivity index (χ4v) is 5.56. The summed E-state index contributed by atoms with van der Waals surface area (Å²) in [5.41, 5.74) is 1.91. The first-order valence-corrected chi connectivity index (χ1v) is 12.6. The predicted molar refractivity (Wildman–Crippen MR) is 135 cm³/mol. The molecule has 0 radical (unpaired) electrons. The standard InChI is InChI=1S/C25H26ClNO3S2/c1-2-29-22-14-18(10-13-21(22)30-16-17-8-11-19(26)12-9-17)15-23-24(28)27(25(31)32-23)20-6-4-3-5-7-20/h8-15,20H,2-7,16H2,1H3/b23-15-. The number of ether oxygens (including phenoxy) is 2. The van der Waals surface area contributed by atoms with E-state index in [0.717, 1.165) is 36.8 Å². The summed E-state index contributed by atoms with van der Waals surface area (Å²) in [5, 5.41) is 0.696. The third-order valence-corrected chi connectivity index (χ3v) is 7.22. The van der Waals surface area contributed by atoms with Gasteiger partial charge in [-0.25, -0.2) is 0 Å². The van der Waals surface area contributed by atoms with Crippen molar-refractivity contribution in [3.8, 4) is 11.5 Å². The van der Waals surface area contributed by atoms with E-state index in [1.165, 1.54) is 18.2 Å². The van der Waals surface area contributed by atoms with Gasteiger partial charge < -0.3 is 9.47 Å². The summed E-state index contributed by atoms with van der Waals surface area (Å²) in [6, 6.07) is 13.5. The molecule has 168 valence electrons. The Morgan fingerprint density at radius 3 is 2.56 bits per heavy atom. The van der Waals surface area contributed by atoms with E-state index < -0.39 is 0 Å². The maximum Gasteiger partial charge on any atom is 0.266 e. The van der Waals surface area contributed by atoms with Crippen LogP contribution in [0.2, 0.25) is 5.02 Å². The van der Waals surface area contributed by atoms with Gasteiger partial charge in [-0.05, 0) is 61.2 Å². The third kappa shape index (κ3) is 5.48. The van der Waals surface area contributed by atoms with Gasteiger partial charge >= 0.3 is 0 Å². The van der Waals surface area contributed by atoms with Gasteiger partial charge in [0.1, 0.15) is 10.9 Å². The van der Waals surface area contributed by atoms with Crippen molar-refractivity contribution in [2.75, 3.05) is 6.61 Å². The first-order valence-electron chi connectivity index (χ1n) is 11.0. The van der Waals surface area contributed by atoms with E-state index in [9.17, 15) is 4.79 Å². The van der Waals surface area contributed by atoms with Crippen LogP contribution in [0.1, 0.15) is 50.2 Å². The SMILES string of the molecule is CCOc1cc(/C=C2\SC(=S)N(C3CCCCC3)C2=O)ccc1OCc1ccc(Cl)cc1. The second-order valence-electron chi connectivity index (χ2n) is 7.90. The highest BCUT2D eigenvalue weighted by Crippen LogP contribution is 2.38. The van der Waals surface area contributed by atoms with Crippen LogP contribution in [0.4, 0.5) is 0 Å². The minimum atomic E-state index is 0.0212. The Hall–Kier alpha value is -2.02. The molecule has 7 heteroatoms. The average molecular weight is 488 g/mol.